The number of benzene rings is 2. The van der Waals surface area contributed by atoms with Crippen molar-refractivity contribution in [2.75, 3.05) is 4.90 Å². The van der Waals surface area contributed by atoms with Crippen molar-refractivity contribution < 1.29 is 4.79 Å². The van der Waals surface area contributed by atoms with Crippen LogP contribution in [-0.4, -0.2) is 16.6 Å². The molecule has 2 atom stereocenters. The van der Waals surface area contributed by atoms with Crippen LogP contribution in [0.5, 0.6) is 0 Å². The highest BCUT2D eigenvalue weighted by atomic mass is 79.9. The summed E-state index contributed by atoms with van der Waals surface area (Å²) in [6, 6.07) is 13.2. The predicted octanol–water partition coefficient (Wildman–Crippen LogP) is 5.68. The topological polar surface area (TPSA) is 32.3 Å². The Kier molecular flexibility index (Phi) is 4.76. The Bertz CT molecular complexity index is 885. The molecule has 1 saturated carbocycles. The summed E-state index contributed by atoms with van der Waals surface area (Å²) in [5, 5.41) is 4.68. The van der Waals surface area contributed by atoms with Crippen molar-refractivity contribution in [1.82, 2.24) is 5.32 Å². The van der Waals surface area contributed by atoms with E-state index in [1.54, 1.807) is 18.2 Å². The fourth-order valence-corrected chi connectivity index (χ4v) is 5.20. The summed E-state index contributed by atoms with van der Waals surface area (Å²) in [6.45, 7) is 0. The van der Waals surface area contributed by atoms with E-state index in [9.17, 15) is 4.79 Å². The number of amides is 1. The minimum Gasteiger partial charge on any atom is -0.347 e. The molecule has 134 valence electrons. The normalized spacial score (nSPS) is 25.2. The fourth-order valence-electron chi connectivity index (χ4n) is 4.05. The second-order valence-electron chi connectivity index (χ2n) is 6.67. The highest BCUT2D eigenvalue weighted by molar-refractivity contribution is 9.10. The van der Waals surface area contributed by atoms with E-state index >= 15 is 0 Å². The number of hydrogen-bond donors (Lipinski definition) is 1. The standard InChI is InChI=1S/C19H15BrCl2N2OS/c20-12-5-3-11(4-6-12)16-2-1-7-19(16)17(25)24(18(26)23-19)15-9-13(21)8-14(22)10-15/h3-6,8-10,16H,1-2,7H2,(H,23,26)/t16-,19+/m0/s1. The minimum absolute atomic E-state index is 0.0359. The molecule has 2 aromatic rings. The maximum absolute atomic E-state index is 13.5. The maximum Gasteiger partial charge on any atom is 0.259 e. The molecule has 2 fully saturated rings. The Labute approximate surface area is 175 Å². The van der Waals surface area contributed by atoms with Gasteiger partial charge in [-0.3, -0.25) is 9.69 Å². The number of carbonyl (C=O) groups excluding carboxylic acids is 1. The van der Waals surface area contributed by atoms with Gasteiger partial charge in [0.2, 0.25) is 0 Å². The molecule has 1 heterocycles. The Morgan fingerprint density at radius 1 is 1.15 bits per heavy atom. The SMILES string of the molecule is O=C1N(c2cc(Cl)cc(Cl)c2)C(=S)N[C@@]12CCC[C@H]2c1ccc(Br)cc1. The van der Waals surface area contributed by atoms with E-state index in [2.05, 4.69) is 33.4 Å². The molecule has 0 bridgehead atoms. The van der Waals surface area contributed by atoms with Gasteiger partial charge in [0.25, 0.3) is 5.91 Å². The van der Waals surface area contributed by atoms with Crippen molar-refractivity contribution in [3.8, 4) is 0 Å². The van der Waals surface area contributed by atoms with Crippen LogP contribution in [0.4, 0.5) is 5.69 Å². The van der Waals surface area contributed by atoms with Crippen LogP contribution in [0.2, 0.25) is 10.0 Å². The first-order valence-electron chi connectivity index (χ1n) is 8.29. The molecule has 0 unspecified atom stereocenters. The molecule has 1 amide bonds. The Morgan fingerprint density at radius 3 is 2.46 bits per heavy atom. The minimum atomic E-state index is -0.709. The first kappa shape index (κ1) is 18.2. The Balaban J connectivity index is 1.74. The number of thiocarbonyl (C=S) groups is 1. The summed E-state index contributed by atoms with van der Waals surface area (Å²) >= 11 is 21.2. The lowest BCUT2D eigenvalue weighted by molar-refractivity contribution is -0.122. The number of hydrogen-bond acceptors (Lipinski definition) is 2. The molecule has 1 saturated heterocycles. The van der Waals surface area contributed by atoms with Crippen LogP contribution in [0.1, 0.15) is 30.7 Å². The third-order valence-electron chi connectivity index (χ3n) is 5.15. The summed E-state index contributed by atoms with van der Waals surface area (Å²) in [5.74, 6) is 0.0342. The lowest BCUT2D eigenvalue weighted by atomic mass is 9.82. The summed E-state index contributed by atoms with van der Waals surface area (Å²) in [4.78, 5) is 15.0. The maximum atomic E-state index is 13.5. The summed E-state index contributed by atoms with van der Waals surface area (Å²) in [7, 11) is 0. The summed E-state index contributed by atoms with van der Waals surface area (Å²) in [5.41, 5.74) is 1.03. The fraction of sp³-hybridized carbons (Fsp3) is 0.263. The van der Waals surface area contributed by atoms with Crippen molar-refractivity contribution in [1.29, 1.82) is 0 Å². The number of rotatable bonds is 2. The first-order valence-corrected chi connectivity index (χ1v) is 10.2. The number of nitrogens with zero attached hydrogens (tertiary/aromatic N) is 1. The Hall–Kier alpha value is -1.14. The van der Waals surface area contributed by atoms with Crippen molar-refractivity contribution in [3.05, 3.63) is 62.5 Å². The molecule has 4 rings (SSSR count). The van der Waals surface area contributed by atoms with Crippen LogP contribution in [-0.2, 0) is 4.79 Å². The van der Waals surface area contributed by atoms with Gasteiger partial charge in [-0.2, -0.15) is 0 Å². The largest absolute Gasteiger partial charge is 0.347 e. The molecule has 1 N–H and O–H groups in total. The van der Waals surface area contributed by atoms with Crippen LogP contribution in [0.25, 0.3) is 0 Å². The van der Waals surface area contributed by atoms with E-state index in [4.69, 9.17) is 35.4 Å². The van der Waals surface area contributed by atoms with Crippen LogP contribution in [0.15, 0.2) is 46.9 Å². The number of nitrogens with one attached hydrogen (secondary N) is 1. The van der Waals surface area contributed by atoms with Crippen molar-refractivity contribution in [2.45, 2.75) is 30.7 Å². The van der Waals surface area contributed by atoms with Gasteiger partial charge >= 0.3 is 0 Å². The third kappa shape index (κ3) is 2.95. The molecule has 1 aliphatic heterocycles. The lowest BCUT2D eigenvalue weighted by Gasteiger charge is -2.29. The average Bonchev–Trinajstić information content (AvgIpc) is 3.09. The molecule has 26 heavy (non-hydrogen) atoms. The van der Waals surface area contributed by atoms with E-state index in [-0.39, 0.29) is 11.8 Å². The van der Waals surface area contributed by atoms with Gasteiger partial charge in [-0.05, 0) is 67.4 Å². The molecule has 1 aliphatic carbocycles. The van der Waals surface area contributed by atoms with Gasteiger partial charge in [0.15, 0.2) is 5.11 Å². The van der Waals surface area contributed by atoms with Crippen LogP contribution in [0.3, 0.4) is 0 Å². The van der Waals surface area contributed by atoms with Gasteiger partial charge in [0.05, 0.1) is 5.69 Å². The van der Waals surface area contributed by atoms with E-state index in [0.717, 1.165) is 29.3 Å². The monoisotopic (exact) mass is 468 g/mol. The molecule has 3 nitrogen and oxygen atoms in total. The van der Waals surface area contributed by atoms with Crippen LogP contribution >= 0.6 is 51.3 Å². The molecular weight excluding hydrogens is 455 g/mol. The second kappa shape index (κ2) is 6.79. The average molecular weight is 470 g/mol. The summed E-state index contributed by atoms with van der Waals surface area (Å²) in [6.07, 6.45) is 2.65. The molecule has 0 radical (unpaired) electrons. The van der Waals surface area contributed by atoms with Crippen molar-refractivity contribution in [2.24, 2.45) is 0 Å². The van der Waals surface area contributed by atoms with E-state index in [0.29, 0.717) is 20.8 Å². The molecule has 7 heteroatoms. The van der Waals surface area contributed by atoms with Crippen LogP contribution in [0, 0.1) is 0 Å². The number of anilines is 1. The zero-order valence-electron chi connectivity index (χ0n) is 13.6. The quantitative estimate of drug-likeness (QED) is 0.574. The highest BCUT2D eigenvalue weighted by Crippen LogP contribution is 2.47. The molecule has 0 aromatic heterocycles. The van der Waals surface area contributed by atoms with Crippen molar-refractivity contribution >= 4 is 68.1 Å². The van der Waals surface area contributed by atoms with Gasteiger partial charge in [0, 0.05) is 20.4 Å². The van der Waals surface area contributed by atoms with Gasteiger partial charge in [-0.15, -0.1) is 0 Å². The molecule has 1 spiro atoms. The van der Waals surface area contributed by atoms with Crippen molar-refractivity contribution in [3.63, 3.8) is 0 Å². The second-order valence-corrected chi connectivity index (χ2v) is 8.84. The highest BCUT2D eigenvalue weighted by Gasteiger charge is 2.57. The first-order chi connectivity index (χ1) is 12.4. The smallest absolute Gasteiger partial charge is 0.259 e. The zero-order valence-corrected chi connectivity index (χ0v) is 17.6. The zero-order chi connectivity index (χ0) is 18.5. The summed E-state index contributed by atoms with van der Waals surface area (Å²) < 4.78 is 1.02. The van der Waals surface area contributed by atoms with E-state index < -0.39 is 5.54 Å². The predicted molar refractivity (Wildman–Crippen MR) is 113 cm³/mol. The van der Waals surface area contributed by atoms with Gasteiger partial charge in [-0.1, -0.05) is 51.3 Å². The van der Waals surface area contributed by atoms with Gasteiger partial charge in [-0.25, -0.2) is 0 Å². The third-order valence-corrected chi connectivity index (χ3v) is 6.40. The Morgan fingerprint density at radius 2 is 1.81 bits per heavy atom. The molecule has 2 aliphatic rings. The van der Waals surface area contributed by atoms with E-state index in [1.807, 2.05) is 12.1 Å². The number of carbonyl (C=O) groups is 1. The number of halogens is 3. The van der Waals surface area contributed by atoms with Gasteiger partial charge in [0.1, 0.15) is 5.54 Å². The lowest BCUT2D eigenvalue weighted by Crippen LogP contribution is -2.49. The van der Waals surface area contributed by atoms with E-state index in [1.165, 1.54) is 4.90 Å². The molecular formula is C19H15BrCl2N2OS. The van der Waals surface area contributed by atoms with Gasteiger partial charge < -0.3 is 5.32 Å². The molecule has 2 aromatic carbocycles. The van der Waals surface area contributed by atoms with Crippen LogP contribution < -0.4 is 10.2 Å².